The Hall–Kier alpha value is -4.60. The van der Waals surface area contributed by atoms with Crippen molar-refractivity contribution in [2.75, 3.05) is 10.6 Å². The SMILES string of the molecule is CC(=O)Nc1nc2cc(-c3cc(NC=O)ccc3Oc3ccc(F)cc3F)ccc2c(=O)[nH]1. The van der Waals surface area contributed by atoms with Crippen molar-refractivity contribution in [2.24, 2.45) is 0 Å². The van der Waals surface area contributed by atoms with Crippen LogP contribution in [-0.2, 0) is 9.59 Å². The van der Waals surface area contributed by atoms with Gasteiger partial charge >= 0.3 is 0 Å². The molecule has 0 atom stereocenters. The Balaban J connectivity index is 1.84. The summed E-state index contributed by atoms with van der Waals surface area (Å²) in [5.41, 5.74) is 1.24. The number of H-pyrrole nitrogens is 1. The van der Waals surface area contributed by atoms with Gasteiger partial charge in [-0.2, -0.15) is 0 Å². The predicted octanol–water partition coefficient (Wildman–Crippen LogP) is 4.19. The third-order valence-electron chi connectivity index (χ3n) is 4.63. The molecular formula is C23H16F2N4O4. The highest BCUT2D eigenvalue weighted by atomic mass is 19.1. The molecule has 0 saturated carbocycles. The van der Waals surface area contributed by atoms with E-state index in [1.54, 1.807) is 24.3 Å². The summed E-state index contributed by atoms with van der Waals surface area (Å²) in [5, 5.41) is 5.23. The number of halogens is 2. The molecule has 4 rings (SSSR count). The fraction of sp³-hybridized carbons (Fsp3) is 0.0435. The van der Waals surface area contributed by atoms with Gasteiger partial charge in [0.15, 0.2) is 11.6 Å². The molecule has 8 nitrogen and oxygen atoms in total. The fourth-order valence-electron chi connectivity index (χ4n) is 3.21. The largest absolute Gasteiger partial charge is 0.454 e. The van der Waals surface area contributed by atoms with E-state index in [-0.39, 0.29) is 28.4 Å². The van der Waals surface area contributed by atoms with E-state index >= 15 is 0 Å². The molecule has 0 saturated heterocycles. The molecule has 1 heterocycles. The number of hydrogen-bond donors (Lipinski definition) is 3. The van der Waals surface area contributed by atoms with Crippen LogP contribution in [0.2, 0.25) is 0 Å². The van der Waals surface area contributed by atoms with Gasteiger partial charge in [0.1, 0.15) is 11.6 Å². The van der Waals surface area contributed by atoms with Crippen molar-refractivity contribution in [3.05, 3.63) is 76.6 Å². The number of amides is 2. The highest BCUT2D eigenvalue weighted by Crippen LogP contribution is 2.37. The molecule has 3 N–H and O–H groups in total. The number of ether oxygens (including phenoxy) is 1. The van der Waals surface area contributed by atoms with Gasteiger partial charge in [0, 0.05) is 24.2 Å². The van der Waals surface area contributed by atoms with Gasteiger partial charge < -0.3 is 10.1 Å². The Morgan fingerprint density at radius 3 is 2.58 bits per heavy atom. The second kappa shape index (κ2) is 8.87. The normalized spacial score (nSPS) is 10.6. The van der Waals surface area contributed by atoms with Crippen molar-refractivity contribution in [3.63, 3.8) is 0 Å². The van der Waals surface area contributed by atoms with Gasteiger partial charge in [-0.15, -0.1) is 0 Å². The first-order chi connectivity index (χ1) is 15.8. The molecule has 0 bridgehead atoms. The number of anilines is 2. The van der Waals surface area contributed by atoms with Crippen LogP contribution in [0.4, 0.5) is 20.4 Å². The summed E-state index contributed by atoms with van der Waals surface area (Å²) in [7, 11) is 0. The standard InChI is InChI=1S/C23H16F2N4O4/c1-12(31)27-23-28-19-8-13(2-5-16(19)22(32)29-23)17-10-15(26-11-30)4-7-20(17)33-21-6-3-14(24)9-18(21)25/h2-11H,1H3,(H,26,30)(H2,27,28,29,31,32). The van der Waals surface area contributed by atoms with Gasteiger partial charge in [-0.05, 0) is 48.0 Å². The molecular weight excluding hydrogens is 434 g/mol. The second-order valence-electron chi connectivity index (χ2n) is 6.98. The van der Waals surface area contributed by atoms with Gasteiger partial charge in [0.2, 0.25) is 18.3 Å². The minimum Gasteiger partial charge on any atom is -0.454 e. The van der Waals surface area contributed by atoms with Crippen LogP contribution in [0.3, 0.4) is 0 Å². The van der Waals surface area contributed by atoms with E-state index < -0.39 is 23.1 Å². The number of benzene rings is 3. The van der Waals surface area contributed by atoms with E-state index in [0.29, 0.717) is 29.3 Å². The number of carbonyl (C=O) groups is 2. The number of nitrogens with one attached hydrogen (secondary N) is 3. The maximum atomic E-state index is 14.2. The summed E-state index contributed by atoms with van der Waals surface area (Å²) in [5.74, 6) is -2.04. The third kappa shape index (κ3) is 4.69. The van der Waals surface area contributed by atoms with Gasteiger partial charge in [0.25, 0.3) is 5.56 Å². The lowest BCUT2D eigenvalue weighted by molar-refractivity contribution is -0.114. The maximum absolute atomic E-state index is 14.2. The zero-order valence-corrected chi connectivity index (χ0v) is 17.1. The van der Waals surface area contributed by atoms with Crippen molar-refractivity contribution in [1.82, 2.24) is 9.97 Å². The Kier molecular flexibility index (Phi) is 5.81. The van der Waals surface area contributed by atoms with Crippen molar-refractivity contribution in [1.29, 1.82) is 0 Å². The monoisotopic (exact) mass is 450 g/mol. The van der Waals surface area contributed by atoms with Crippen LogP contribution in [0.1, 0.15) is 6.92 Å². The van der Waals surface area contributed by atoms with Crippen LogP contribution in [-0.4, -0.2) is 22.3 Å². The summed E-state index contributed by atoms with van der Waals surface area (Å²) in [6.07, 6.45) is 0.500. The number of carbonyl (C=O) groups excluding carboxylic acids is 2. The average molecular weight is 450 g/mol. The number of aromatic nitrogens is 2. The van der Waals surface area contributed by atoms with E-state index in [1.807, 2.05) is 0 Å². The van der Waals surface area contributed by atoms with Gasteiger partial charge in [0.05, 0.1) is 10.9 Å². The number of hydrogen-bond acceptors (Lipinski definition) is 5. The van der Waals surface area contributed by atoms with Crippen molar-refractivity contribution in [3.8, 4) is 22.6 Å². The number of fused-ring (bicyclic) bond motifs is 1. The lowest BCUT2D eigenvalue weighted by atomic mass is 10.0. The number of rotatable bonds is 6. The van der Waals surface area contributed by atoms with E-state index in [2.05, 4.69) is 20.6 Å². The van der Waals surface area contributed by atoms with Crippen LogP contribution in [0.25, 0.3) is 22.0 Å². The Bertz CT molecular complexity index is 1450. The molecule has 0 aliphatic heterocycles. The fourth-order valence-corrected chi connectivity index (χ4v) is 3.21. The Morgan fingerprint density at radius 1 is 1.06 bits per heavy atom. The Morgan fingerprint density at radius 2 is 1.85 bits per heavy atom. The lowest BCUT2D eigenvalue weighted by Gasteiger charge is -2.14. The zero-order valence-electron chi connectivity index (χ0n) is 17.1. The smallest absolute Gasteiger partial charge is 0.260 e. The molecule has 0 spiro atoms. The molecule has 0 radical (unpaired) electrons. The van der Waals surface area contributed by atoms with Crippen molar-refractivity contribution < 1.29 is 23.1 Å². The highest BCUT2D eigenvalue weighted by Gasteiger charge is 2.14. The molecule has 4 aromatic rings. The average Bonchev–Trinajstić information content (AvgIpc) is 2.76. The molecule has 0 fully saturated rings. The minimum atomic E-state index is -0.886. The summed E-state index contributed by atoms with van der Waals surface area (Å²) >= 11 is 0. The summed E-state index contributed by atoms with van der Waals surface area (Å²) in [6, 6.07) is 12.3. The maximum Gasteiger partial charge on any atom is 0.260 e. The molecule has 2 amide bonds. The van der Waals surface area contributed by atoms with Crippen LogP contribution < -0.4 is 20.9 Å². The molecule has 0 aliphatic rings. The third-order valence-corrected chi connectivity index (χ3v) is 4.63. The van der Waals surface area contributed by atoms with Crippen molar-refractivity contribution in [2.45, 2.75) is 6.92 Å². The highest BCUT2D eigenvalue weighted by molar-refractivity contribution is 5.90. The summed E-state index contributed by atoms with van der Waals surface area (Å²) in [4.78, 5) is 41.3. The quantitative estimate of drug-likeness (QED) is 0.381. The molecule has 0 unspecified atom stereocenters. The zero-order chi connectivity index (χ0) is 23.5. The minimum absolute atomic E-state index is 0.0154. The van der Waals surface area contributed by atoms with E-state index in [4.69, 9.17) is 4.74 Å². The van der Waals surface area contributed by atoms with Crippen LogP contribution >= 0.6 is 0 Å². The van der Waals surface area contributed by atoms with E-state index in [9.17, 15) is 23.2 Å². The molecule has 166 valence electrons. The lowest BCUT2D eigenvalue weighted by Crippen LogP contribution is -2.16. The topological polar surface area (TPSA) is 113 Å². The van der Waals surface area contributed by atoms with Crippen molar-refractivity contribution >= 4 is 34.9 Å². The van der Waals surface area contributed by atoms with Crippen LogP contribution in [0.5, 0.6) is 11.5 Å². The molecule has 3 aromatic carbocycles. The number of aromatic amines is 1. The molecule has 1 aromatic heterocycles. The van der Waals surface area contributed by atoms with E-state index in [0.717, 1.165) is 12.1 Å². The van der Waals surface area contributed by atoms with Gasteiger partial charge in [-0.1, -0.05) is 6.07 Å². The summed E-state index contributed by atoms with van der Waals surface area (Å²) < 4.78 is 33.1. The van der Waals surface area contributed by atoms with Gasteiger partial charge in [-0.3, -0.25) is 24.7 Å². The van der Waals surface area contributed by atoms with Crippen LogP contribution in [0, 0.1) is 11.6 Å². The van der Waals surface area contributed by atoms with Gasteiger partial charge in [-0.25, -0.2) is 13.8 Å². The second-order valence-corrected chi connectivity index (χ2v) is 6.98. The Labute approximate surface area is 185 Å². The molecule has 10 heteroatoms. The number of nitrogens with zero attached hydrogens (tertiary/aromatic N) is 1. The summed E-state index contributed by atoms with van der Waals surface area (Å²) in [6.45, 7) is 1.28. The first-order valence-corrected chi connectivity index (χ1v) is 9.63. The molecule has 33 heavy (non-hydrogen) atoms. The first kappa shape index (κ1) is 21.6. The van der Waals surface area contributed by atoms with E-state index in [1.165, 1.54) is 19.1 Å². The van der Waals surface area contributed by atoms with Crippen LogP contribution in [0.15, 0.2) is 59.4 Å². The molecule has 0 aliphatic carbocycles. The first-order valence-electron chi connectivity index (χ1n) is 9.63. The predicted molar refractivity (Wildman–Crippen MR) is 118 cm³/mol.